The van der Waals surface area contributed by atoms with Crippen molar-refractivity contribution in [3.8, 4) is 5.75 Å². The Bertz CT molecular complexity index is 454. The number of hydrogen-bond acceptors (Lipinski definition) is 3. The molecule has 1 aliphatic heterocycles. The number of benzene rings is 1. The molecular weight excluding hydrogens is 240 g/mol. The van der Waals surface area contributed by atoms with Crippen molar-refractivity contribution in [3.05, 3.63) is 29.8 Å². The molecule has 19 heavy (non-hydrogen) atoms. The van der Waals surface area contributed by atoms with Crippen molar-refractivity contribution in [2.75, 3.05) is 20.2 Å². The topological polar surface area (TPSA) is 41.6 Å². The second-order valence-electron chi connectivity index (χ2n) is 5.38. The summed E-state index contributed by atoms with van der Waals surface area (Å²) in [5.74, 6) is 1.91. The van der Waals surface area contributed by atoms with Crippen molar-refractivity contribution in [1.29, 1.82) is 0 Å². The van der Waals surface area contributed by atoms with Crippen molar-refractivity contribution in [2.24, 2.45) is 5.92 Å². The minimum atomic E-state index is 0.0251. The Morgan fingerprint density at radius 2 is 2.05 bits per heavy atom. The number of amides is 1. The van der Waals surface area contributed by atoms with Crippen molar-refractivity contribution < 1.29 is 9.53 Å². The van der Waals surface area contributed by atoms with Gasteiger partial charge in [-0.3, -0.25) is 10.1 Å². The third kappa shape index (κ3) is 2.73. The smallest absolute Gasteiger partial charge is 0.238 e. The number of ether oxygens (including phenoxy) is 1. The highest BCUT2D eigenvalue weighted by molar-refractivity contribution is 5.80. The fourth-order valence-electron chi connectivity index (χ4n) is 2.61. The van der Waals surface area contributed by atoms with Crippen LogP contribution in [-0.2, 0) is 4.79 Å². The first-order chi connectivity index (χ1) is 9.28. The normalized spacial score (nSPS) is 22.9. The first-order valence-corrected chi connectivity index (χ1v) is 6.95. The molecule has 1 amide bonds. The Balaban J connectivity index is 1.70. The quantitative estimate of drug-likeness (QED) is 0.879. The number of nitrogens with zero attached hydrogens (tertiary/aromatic N) is 1. The lowest BCUT2D eigenvalue weighted by Gasteiger charge is -2.24. The van der Waals surface area contributed by atoms with Gasteiger partial charge in [0.1, 0.15) is 11.9 Å². The molecule has 0 radical (unpaired) electrons. The summed E-state index contributed by atoms with van der Waals surface area (Å²) in [6.07, 6.45) is 3.84. The minimum absolute atomic E-state index is 0.0251. The molecule has 4 nitrogen and oxygen atoms in total. The van der Waals surface area contributed by atoms with E-state index in [9.17, 15) is 4.79 Å². The predicted octanol–water partition coefficient (Wildman–Crippen LogP) is 1.93. The molecule has 1 atom stereocenters. The van der Waals surface area contributed by atoms with Crippen LogP contribution in [0, 0.1) is 5.92 Å². The van der Waals surface area contributed by atoms with Crippen LogP contribution in [0.1, 0.15) is 31.0 Å². The highest BCUT2D eigenvalue weighted by atomic mass is 16.5. The predicted molar refractivity (Wildman–Crippen MR) is 72.8 cm³/mol. The van der Waals surface area contributed by atoms with Crippen LogP contribution in [0.3, 0.4) is 0 Å². The number of rotatable bonds is 5. The molecule has 0 bridgehead atoms. The zero-order valence-electron chi connectivity index (χ0n) is 11.3. The molecule has 2 aliphatic rings. The van der Waals surface area contributed by atoms with Crippen LogP contribution < -0.4 is 10.1 Å². The standard InChI is InChI=1S/C15H20N2O2/c1-19-13-6-4-12(5-7-13)15-16-10-14(18)17(15)9-8-11-2-3-11/h4-7,11,15-16H,2-3,8-10H2,1H3. The van der Waals surface area contributed by atoms with E-state index in [1.54, 1.807) is 7.11 Å². The third-order valence-electron chi connectivity index (χ3n) is 3.99. The maximum atomic E-state index is 12.0. The molecule has 102 valence electrons. The summed E-state index contributed by atoms with van der Waals surface area (Å²) >= 11 is 0. The maximum absolute atomic E-state index is 12.0. The molecule has 1 N–H and O–H groups in total. The molecule has 1 saturated heterocycles. The van der Waals surface area contributed by atoms with Crippen LogP contribution in [0.5, 0.6) is 5.75 Å². The molecule has 1 aromatic carbocycles. The van der Waals surface area contributed by atoms with E-state index in [2.05, 4.69) is 5.32 Å². The van der Waals surface area contributed by atoms with Gasteiger partial charge in [-0.25, -0.2) is 0 Å². The van der Waals surface area contributed by atoms with Gasteiger partial charge in [-0.1, -0.05) is 25.0 Å². The Hall–Kier alpha value is -1.55. The number of hydrogen-bond donors (Lipinski definition) is 1. The SMILES string of the molecule is COc1ccc(C2NCC(=O)N2CCC2CC2)cc1. The van der Waals surface area contributed by atoms with Gasteiger partial charge in [-0.15, -0.1) is 0 Å². The molecule has 1 aromatic rings. The van der Waals surface area contributed by atoms with E-state index < -0.39 is 0 Å². The first-order valence-electron chi connectivity index (χ1n) is 6.95. The highest BCUT2D eigenvalue weighted by Crippen LogP contribution is 2.34. The summed E-state index contributed by atoms with van der Waals surface area (Å²) in [7, 11) is 1.66. The molecule has 4 heteroatoms. The number of carbonyl (C=O) groups is 1. The van der Waals surface area contributed by atoms with E-state index in [4.69, 9.17) is 4.74 Å². The maximum Gasteiger partial charge on any atom is 0.238 e. The van der Waals surface area contributed by atoms with E-state index in [1.165, 1.54) is 12.8 Å². The van der Waals surface area contributed by atoms with Crippen molar-refractivity contribution in [1.82, 2.24) is 10.2 Å². The average Bonchev–Trinajstić information content (AvgIpc) is 3.20. The lowest BCUT2D eigenvalue weighted by atomic mass is 10.1. The van der Waals surface area contributed by atoms with E-state index in [0.717, 1.165) is 30.2 Å². The third-order valence-corrected chi connectivity index (χ3v) is 3.99. The summed E-state index contributed by atoms with van der Waals surface area (Å²) < 4.78 is 5.17. The van der Waals surface area contributed by atoms with Gasteiger partial charge >= 0.3 is 0 Å². The monoisotopic (exact) mass is 260 g/mol. The molecule has 0 spiro atoms. The van der Waals surface area contributed by atoms with E-state index in [-0.39, 0.29) is 12.1 Å². The number of nitrogens with one attached hydrogen (secondary N) is 1. The largest absolute Gasteiger partial charge is 0.497 e. The van der Waals surface area contributed by atoms with Gasteiger partial charge in [0.2, 0.25) is 5.91 Å². The Morgan fingerprint density at radius 3 is 2.68 bits per heavy atom. The van der Waals surface area contributed by atoms with Crippen LogP contribution in [0.15, 0.2) is 24.3 Å². The Kier molecular flexibility index (Phi) is 3.42. The molecular formula is C15H20N2O2. The fourth-order valence-corrected chi connectivity index (χ4v) is 2.61. The van der Waals surface area contributed by atoms with Crippen molar-refractivity contribution in [3.63, 3.8) is 0 Å². The second kappa shape index (κ2) is 5.21. The average molecular weight is 260 g/mol. The molecule has 1 aliphatic carbocycles. The summed E-state index contributed by atoms with van der Waals surface area (Å²) in [4.78, 5) is 13.9. The van der Waals surface area contributed by atoms with Gasteiger partial charge in [0.25, 0.3) is 0 Å². The molecule has 3 rings (SSSR count). The van der Waals surface area contributed by atoms with Crippen LogP contribution in [0.25, 0.3) is 0 Å². The second-order valence-corrected chi connectivity index (χ2v) is 5.38. The van der Waals surface area contributed by atoms with E-state index in [1.807, 2.05) is 29.2 Å². The summed E-state index contributed by atoms with van der Waals surface area (Å²) in [5.41, 5.74) is 1.13. The molecule has 2 fully saturated rings. The van der Waals surface area contributed by atoms with Crippen LogP contribution in [0.2, 0.25) is 0 Å². The van der Waals surface area contributed by atoms with Gasteiger partial charge in [-0.05, 0) is 30.0 Å². The molecule has 1 unspecified atom stereocenters. The zero-order chi connectivity index (χ0) is 13.2. The van der Waals surface area contributed by atoms with Crippen LogP contribution in [0.4, 0.5) is 0 Å². The zero-order valence-corrected chi connectivity index (χ0v) is 11.3. The number of carbonyl (C=O) groups excluding carboxylic acids is 1. The Morgan fingerprint density at radius 1 is 1.32 bits per heavy atom. The van der Waals surface area contributed by atoms with Crippen LogP contribution in [-0.4, -0.2) is 31.0 Å². The summed E-state index contributed by atoms with van der Waals surface area (Å²) in [5, 5.41) is 3.29. The van der Waals surface area contributed by atoms with Gasteiger partial charge < -0.3 is 9.64 Å². The van der Waals surface area contributed by atoms with E-state index in [0.29, 0.717) is 6.54 Å². The lowest BCUT2D eigenvalue weighted by Crippen LogP contribution is -2.31. The highest BCUT2D eigenvalue weighted by Gasteiger charge is 2.32. The Labute approximate surface area is 113 Å². The van der Waals surface area contributed by atoms with Gasteiger partial charge in [0.15, 0.2) is 0 Å². The first kappa shape index (κ1) is 12.5. The summed E-state index contributed by atoms with van der Waals surface area (Å²) in [6, 6.07) is 7.94. The summed E-state index contributed by atoms with van der Waals surface area (Å²) in [6.45, 7) is 1.31. The fraction of sp³-hybridized carbons (Fsp3) is 0.533. The van der Waals surface area contributed by atoms with Gasteiger partial charge in [-0.2, -0.15) is 0 Å². The van der Waals surface area contributed by atoms with Crippen molar-refractivity contribution in [2.45, 2.75) is 25.4 Å². The van der Waals surface area contributed by atoms with Gasteiger partial charge in [0, 0.05) is 6.54 Å². The molecule has 0 aromatic heterocycles. The van der Waals surface area contributed by atoms with E-state index >= 15 is 0 Å². The van der Waals surface area contributed by atoms with Gasteiger partial charge in [0.05, 0.1) is 13.7 Å². The molecule has 1 saturated carbocycles. The minimum Gasteiger partial charge on any atom is -0.497 e. The van der Waals surface area contributed by atoms with Crippen LogP contribution >= 0.6 is 0 Å². The molecule has 1 heterocycles. The number of methoxy groups -OCH3 is 1. The van der Waals surface area contributed by atoms with Crippen molar-refractivity contribution >= 4 is 5.91 Å². The lowest BCUT2D eigenvalue weighted by molar-refractivity contribution is -0.128.